The van der Waals surface area contributed by atoms with Crippen LogP contribution >= 0.6 is 23.4 Å². The van der Waals surface area contributed by atoms with Crippen LogP contribution in [0.4, 0.5) is 0 Å². The van der Waals surface area contributed by atoms with Crippen LogP contribution in [0.3, 0.4) is 0 Å². The number of nitrogens with zero attached hydrogens (tertiary/aromatic N) is 3. The Kier molecular flexibility index (Phi) is 14.2. The average Bonchev–Trinajstić information content (AvgIpc) is 4.03. The third-order valence-electron chi connectivity index (χ3n) is 11.2. The smallest absolute Gasteiger partial charge is 0.0625 e. The molecule has 0 atom stereocenters. The first-order valence-corrected chi connectivity index (χ1v) is 21.5. The van der Waals surface area contributed by atoms with Crippen LogP contribution in [0.15, 0.2) is 46.9 Å². The van der Waals surface area contributed by atoms with Crippen LogP contribution in [0.25, 0.3) is 22.6 Å². The van der Waals surface area contributed by atoms with E-state index in [0.29, 0.717) is 5.71 Å². The standard InChI is InChI=1S/C40H51ClN4S.C4H6.C2H6/c1-8-15-37-34(35-20-21-36(41)39(40(35)44(37)6)38(27(5)42)26(4)9-2)19-14-12-17-29-23-32(22-28-16-11-13-18-33(28)29)46-25-31-24-30(10-3)43-45(31)7;1-3-2-4(1)3;1-2/h13,18,20-24,42H,8-12,14-17,19,25H2,1-7H3;3-4H,1-2H2;1-2H3/b38-26-,42-27?;;. The summed E-state index contributed by atoms with van der Waals surface area (Å²) < 4.78 is 4.42. The third-order valence-corrected chi connectivity index (χ3v) is 12.5. The normalized spacial score (nSPS) is 17.0. The van der Waals surface area contributed by atoms with Crippen LogP contribution in [0, 0.1) is 17.2 Å². The van der Waals surface area contributed by atoms with E-state index in [2.05, 4.69) is 93.9 Å². The van der Waals surface area contributed by atoms with E-state index in [1.54, 1.807) is 12.8 Å². The minimum Gasteiger partial charge on any atom is -0.347 e. The van der Waals surface area contributed by atoms with Crippen LogP contribution < -0.4 is 0 Å². The van der Waals surface area contributed by atoms with Crippen molar-refractivity contribution >= 4 is 51.6 Å². The second kappa shape index (κ2) is 18.3. The first-order chi connectivity index (χ1) is 25.1. The summed E-state index contributed by atoms with van der Waals surface area (Å²) in [6, 6.07) is 11.4. The van der Waals surface area contributed by atoms with Gasteiger partial charge in [0.25, 0.3) is 0 Å². The van der Waals surface area contributed by atoms with Crippen molar-refractivity contribution in [3.8, 4) is 0 Å². The molecule has 2 saturated carbocycles. The Morgan fingerprint density at radius 3 is 2.31 bits per heavy atom. The van der Waals surface area contributed by atoms with Crippen LogP contribution in [-0.2, 0) is 52.0 Å². The highest BCUT2D eigenvalue weighted by atomic mass is 35.5. The summed E-state index contributed by atoms with van der Waals surface area (Å²) in [7, 11) is 4.26. The molecule has 1 N–H and O–H groups in total. The molecule has 52 heavy (non-hydrogen) atoms. The second-order valence-electron chi connectivity index (χ2n) is 14.9. The lowest BCUT2D eigenvalue weighted by atomic mass is 9.90. The van der Waals surface area contributed by atoms with E-state index in [4.69, 9.17) is 17.0 Å². The van der Waals surface area contributed by atoms with Crippen LogP contribution in [0.1, 0.15) is 138 Å². The van der Waals surface area contributed by atoms with Crippen LogP contribution in [-0.4, -0.2) is 20.1 Å². The molecule has 0 aliphatic heterocycles. The number of aryl methyl sites for hydroxylation is 6. The molecule has 3 aliphatic rings. The molecular formula is C46H63ClN4S. The van der Waals surface area contributed by atoms with E-state index >= 15 is 0 Å². The predicted molar refractivity (Wildman–Crippen MR) is 228 cm³/mol. The highest BCUT2D eigenvalue weighted by Gasteiger charge is 2.52. The van der Waals surface area contributed by atoms with Gasteiger partial charge in [-0.1, -0.05) is 76.4 Å². The molecule has 3 aliphatic carbocycles. The molecule has 0 saturated heterocycles. The van der Waals surface area contributed by atoms with E-state index in [9.17, 15) is 0 Å². The fraction of sp³-hybridized carbons (Fsp3) is 0.522. The Labute approximate surface area is 324 Å². The maximum absolute atomic E-state index is 8.66. The summed E-state index contributed by atoms with van der Waals surface area (Å²) in [6.45, 7) is 14.6. The van der Waals surface area contributed by atoms with Gasteiger partial charge in [0.05, 0.1) is 16.2 Å². The minimum atomic E-state index is 0.581. The summed E-state index contributed by atoms with van der Waals surface area (Å²) in [5.41, 5.74) is 14.8. The molecule has 7 rings (SSSR count). The molecule has 2 aromatic heterocycles. The zero-order valence-corrected chi connectivity index (χ0v) is 35.1. The Bertz CT molecular complexity index is 1930. The molecule has 6 heteroatoms. The van der Waals surface area contributed by atoms with E-state index in [1.165, 1.54) is 72.5 Å². The number of benzene rings is 2. The monoisotopic (exact) mass is 738 g/mol. The topological polar surface area (TPSA) is 46.6 Å². The molecule has 4 nitrogen and oxygen atoms in total. The van der Waals surface area contributed by atoms with Gasteiger partial charge in [-0.05, 0) is 143 Å². The first kappa shape index (κ1) is 40.2. The fourth-order valence-electron chi connectivity index (χ4n) is 7.72. The quantitative estimate of drug-likeness (QED) is 0.0795. The number of nitrogens with one attached hydrogen (secondary N) is 1. The lowest BCUT2D eigenvalue weighted by Gasteiger charge is -2.18. The number of hydrogen-bond donors (Lipinski definition) is 1. The fourth-order valence-corrected chi connectivity index (χ4v) is 9.01. The molecule has 280 valence electrons. The zero-order chi connectivity index (χ0) is 37.5. The minimum absolute atomic E-state index is 0.581. The number of unbranched alkanes of at least 4 members (excludes halogenated alkanes) is 1. The summed E-state index contributed by atoms with van der Waals surface area (Å²) >= 11 is 8.88. The molecule has 2 aromatic carbocycles. The van der Waals surface area contributed by atoms with Gasteiger partial charge in [0.2, 0.25) is 0 Å². The summed E-state index contributed by atoms with van der Waals surface area (Å²) in [5, 5.41) is 15.3. The molecular weight excluding hydrogens is 676 g/mol. The van der Waals surface area contributed by atoms with Crippen molar-refractivity contribution in [3.63, 3.8) is 0 Å². The van der Waals surface area contributed by atoms with Crippen molar-refractivity contribution in [2.24, 2.45) is 25.9 Å². The summed E-state index contributed by atoms with van der Waals surface area (Å²) in [4.78, 5) is 1.37. The van der Waals surface area contributed by atoms with Gasteiger partial charge >= 0.3 is 0 Å². The number of allylic oxidation sites excluding steroid dienone is 3. The summed E-state index contributed by atoms with van der Waals surface area (Å²) in [5.74, 6) is 3.44. The lowest BCUT2D eigenvalue weighted by molar-refractivity contribution is 0.715. The molecule has 4 aromatic rings. The van der Waals surface area contributed by atoms with Crippen molar-refractivity contribution in [3.05, 3.63) is 91.9 Å². The molecule has 2 heterocycles. The first-order valence-electron chi connectivity index (χ1n) is 20.2. The highest BCUT2D eigenvalue weighted by Crippen LogP contribution is 2.62. The van der Waals surface area contributed by atoms with Gasteiger partial charge in [-0.15, -0.1) is 11.8 Å². The van der Waals surface area contributed by atoms with Gasteiger partial charge in [-0.2, -0.15) is 5.10 Å². The van der Waals surface area contributed by atoms with Gasteiger partial charge in [0.1, 0.15) is 0 Å². The third kappa shape index (κ3) is 9.19. The second-order valence-corrected chi connectivity index (χ2v) is 16.3. The Hall–Kier alpha value is -3.02. The van der Waals surface area contributed by atoms with Crippen LogP contribution in [0.2, 0.25) is 5.02 Å². The maximum Gasteiger partial charge on any atom is 0.0625 e. The van der Waals surface area contributed by atoms with Crippen molar-refractivity contribution < 1.29 is 0 Å². The van der Waals surface area contributed by atoms with E-state index in [0.717, 1.165) is 86.1 Å². The van der Waals surface area contributed by atoms with E-state index in [1.807, 2.05) is 37.2 Å². The van der Waals surface area contributed by atoms with Crippen molar-refractivity contribution in [1.82, 2.24) is 14.3 Å². The van der Waals surface area contributed by atoms with E-state index < -0.39 is 0 Å². The number of rotatable bonds is 14. The van der Waals surface area contributed by atoms with Gasteiger partial charge in [0, 0.05) is 58.4 Å². The SMILES string of the molecule is C1C2CC12.CC.CCCc1c(CCCCc2cc(SCc3cc(CC)nn3C)cc3c2C=CCC3)c2ccc(Cl)c(/C(C(C)=N)=C(/C)CC)c2n1C. The largest absolute Gasteiger partial charge is 0.347 e. The maximum atomic E-state index is 8.66. The number of thioether (sulfide) groups is 1. The van der Waals surface area contributed by atoms with Gasteiger partial charge in [-0.3, -0.25) is 4.68 Å². The van der Waals surface area contributed by atoms with Gasteiger partial charge in [0.15, 0.2) is 0 Å². The van der Waals surface area contributed by atoms with Gasteiger partial charge < -0.3 is 9.98 Å². The lowest BCUT2D eigenvalue weighted by Crippen LogP contribution is -2.04. The predicted octanol–water partition coefficient (Wildman–Crippen LogP) is 13.2. The molecule has 0 spiro atoms. The number of halogens is 1. The van der Waals surface area contributed by atoms with E-state index in [-0.39, 0.29) is 0 Å². The van der Waals surface area contributed by atoms with Crippen LogP contribution in [0.5, 0.6) is 0 Å². The average molecular weight is 740 g/mol. The van der Waals surface area contributed by atoms with Crippen molar-refractivity contribution in [2.45, 2.75) is 136 Å². The Morgan fingerprint density at radius 1 is 0.981 bits per heavy atom. The van der Waals surface area contributed by atoms with Crippen molar-refractivity contribution in [2.75, 3.05) is 0 Å². The summed E-state index contributed by atoms with van der Waals surface area (Å²) in [6.07, 6.45) is 18.6. The molecule has 2 fully saturated rings. The van der Waals surface area contributed by atoms with Gasteiger partial charge in [-0.25, -0.2) is 0 Å². The number of hydrogen-bond acceptors (Lipinski definition) is 3. The Morgan fingerprint density at radius 2 is 1.69 bits per heavy atom. The number of aromatic nitrogens is 3. The zero-order valence-electron chi connectivity index (χ0n) is 33.5. The molecule has 0 unspecified atom stereocenters. The Balaban J connectivity index is 0.000000789. The molecule has 0 radical (unpaired) electrons. The highest BCUT2D eigenvalue weighted by molar-refractivity contribution is 7.98. The number of fused-ring (bicyclic) bond motifs is 3. The molecule has 0 bridgehead atoms. The molecule has 0 amide bonds. The van der Waals surface area contributed by atoms with Crippen molar-refractivity contribution in [1.29, 1.82) is 5.41 Å².